The first-order chi connectivity index (χ1) is 7.47. The summed E-state index contributed by atoms with van der Waals surface area (Å²) in [7, 11) is -3.33. The molecule has 4 nitrogen and oxygen atoms in total. The van der Waals surface area contributed by atoms with Gasteiger partial charge in [0, 0.05) is 0 Å². The molecule has 0 unspecified atom stereocenters. The minimum atomic E-state index is -3.33. The van der Waals surface area contributed by atoms with Gasteiger partial charge < -0.3 is 4.74 Å². The van der Waals surface area contributed by atoms with E-state index < -0.39 is 10.0 Å². The SMILES string of the molecule is Cc1cccc(OCCCCS(N)(=O)=O)c1. The Morgan fingerprint density at radius 1 is 1.31 bits per heavy atom. The summed E-state index contributed by atoms with van der Waals surface area (Å²) in [6.45, 7) is 2.51. The maximum absolute atomic E-state index is 10.6. The van der Waals surface area contributed by atoms with Crippen LogP contribution in [0.5, 0.6) is 5.75 Å². The number of benzene rings is 1. The van der Waals surface area contributed by atoms with Gasteiger partial charge in [0.05, 0.1) is 12.4 Å². The molecule has 0 aromatic heterocycles. The molecule has 0 amide bonds. The maximum Gasteiger partial charge on any atom is 0.209 e. The Bertz CT molecular complexity index is 429. The van der Waals surface area contributed by atoms with Crippen LogP contribution >= 0.6 is 0 Å². The Morgan fingerprint density at radius 3 is 2.69 bits per heavy atom. The summed E-state index contributed by atoms with van der Waals surface area (Å²) in [5.41, 5.74) is 1.14. The smallest absolute Gasteiger partial charge is 0.209 e. The molecule has 0 radical (unpaired) electrons. The van der Waals surface area contributed by atoms with Crippen molar-refractivity contribution in [2.45, 2.75) is 19.8 Å². The molecule has 90 valence electrons. The van der Waals surface area contributed by atoms with Crippen LogP contribution in [-0.2, 0) is 10.0 Å². The number of unbranched alkanes of at least 4 members (excludes halogenated alkanes) is 1. The molecule has 0 saturated heterocycles. The van der Waals surface area contributed by atoms with Gasteiger partial charge in [-0.2, -0.15) is 0 Å². The number of nitrogens with two attached hydrogens (primary N) is 1. The van der Waals surface area contributed by atoms with Crippen molar-refractivity contribution in [2.75, 3.05) is 12.4 Å². The summed E-state index contributed by atoms with van der Waals surface area (Å²) >= 11 is 0. The van der Waals surface area contributed by atoms with Gasteiger partial charge >= 0.3 is 0 Å². The molecule has 0 spiro atoms. The fourth-order valence-corrected chi connectivity index (χ4v) is 1.91. The molecular weight excluding hydrogens is 226 g/mol. The van der Waals surface area contributed by atoms with E-state index in [0.717, 1.165) is 11.3 Å². The lowest BCUT2D eigenvalue weighted by Crippen LogP contribution is -2.16. The minimum absolute atomic E-state index is 0.0180. The maximum atomic E-state index is 10.6. The molecule has 1 aromatic carbocycles. The number of sulfonamides is 1. The Balaban J connectivity index is 2.21. The fourth-order valence-electron chi connectivity index (χ4n) is 1.30. The highest BCUT2D eigenvalue weighted by Crippen LogP contribution is 2.12. The number of rotatable bonds is 6. The third-order valence-corrected chi connectivity index (χ3v) is 2.94. The predicted octanol–water partition coefficient (Wildman–Crippen LogP) is 1.44. The second kappa shape index (κ2) is 5.86. The van der Waals surface area contributed by atoms with Crippen LogP contribution in [0.1, 0.15) is 18.4 Å². The zero-order chi connectivity index (χ0) is 12.0. The van der Waals surface area contributed by atoms with Crippen molar-refractivity contribution < 1.29 is 13.2 Å². The summed E-state index contributed by atoms with van der Waals surface area (Å²) in [5, 5.41) is 4.88. The van der Waals surface area contributed by atoms with Crippen LogP contribution in [0.25, 0.3) is 0 Å². The predicted molar refractivity (Wildman–Crippen MR) is 63.9 cm³/mol. The normalized spacial score (nSPS) is 11.4. The number of hydrogen-bond acceptors (Lipinski definition) is 3. The molecule has 1 aromatic rings. The van der Waals surface area contributed by atoms with Crippen molar-refractivity contribution in [3.05, 3.63) is 29.8 Å². The van der Waals surface area contributed by atoms with Crippen molar-refractivity contribution in [1.82, 2.24) is 0 Å². The van der Waals surface area contributed by atoms with E-state index in [1.54, 1.807) is 0 Å². The molecule has 0 bridgehead atoms. The van der Waals surface area contributed by atoms with Gasteiger partial charge in [0.1, 0.15) is 5.75 Å². The van der Waals surface area contributed by atoms with Crippen LogP contribution in [0.3, 0.4) is 0 Å². The summed E-state index contributed by atoms with van der Waals surface area (Å²) in [4.78, 5) is 0. The molecule has 5 heteroatoms. The molecule has 0 atom stereocenters. The number of aryl methyl sites for hydroxylation is 1. The molecule has 0 aliphatic heterocycles. The van der Waals surface area contributed by atoms with Gasteiger partial charge in [-0.05, 0) is 37.5 Å². The zero-order valence-corrected chi connectivity index (χ0v) is 10.2. The third-order valence-electron chi connectivity index (χ3n) is 2.08. The number of primary sulfonamides is 1. The average Bonchev–Trinajstić information content (AvgIpc) is 2.15. The number of hydrogen-bond donors (Lipinski definition) is 1. The van der Waals surface area contributed by atoms with Crippen LogP contribution in [0, 0.1) is 6.92 Å². The van der Waals surface area contributed by atoms with Gasteiger partial charge in [-0.25, -0.2) is 13.6 Å². The van der Waals surface area contributed by atoms with E-state index in [2.05, 4.69) is 0 Å². The summed E-state index contributed by atoms with van der Waals surface area (Å²) in [6.07, 6.45) is 1.22. The standard InChI is InChI=1S/C11H17NO3S/c1-10-5-4-6-11(9-10)15-7-2-3-8-16(12,13)14/h4-6,9H,2-3,7-8H2,1H3,(H2,12,13,14). The van der Waals surface area contributed by atoms with Crippen LogP contribution < -0.4 is 9.88 Å². The van der Waals surface area contributed by atoms with Crippen LogP contribution in [0.15, 0.2) is 24.3 Å². The first kappa shape index (κ1) is 13.0. The van der Waals surface area contributed by atoms with E-state index in [-0.39, 0.29) is 5.75 Å². The molecular formula is C11H17NO3S. The molecule has 0 fully saturated rings. The quantitative estimate of drug-likeness (QED) is 0.769. The first-order valence-corrected chi connectivity index (χ1v) is 6.89. The van der Waals surface area contributed by atoms with Crippen molar-refractivity contribution in [1.29, 1.82) is 0 Å². The average molecular weight is 243 g/mol. The van der Waals surface area contributed by atoms with E-state index in [4.69, 9.17) is 9.88 Å². The van der Waals surface area contributed by atoms with E-state index in [0.29, 0.717) is 19.4 Å². The largest absolute Gasteiger partial charge is 0.494 e. The van der Waals surface area contributed by atoms with Gasteiger partial charge in [-0.15, -0.1) is 0 Å². The Kier molecular flexibility index (Phi) is 4.76. The van der Waals surface area contributed by atoms with Crippen LogP contribution in [-0.4, -0.2) is 20.8 Å². The zero-order valence-electron chi connectivity index (χ0n) is 9.35. The monoisotopic (exact) mass is 243 g/mol. The minimum Gasteiger partial charge on any atom is -0.494 e. The van der Waals surface area contributed by atoms with Crippen molar-refractivity contribution >= 4 is 10.0 Å². The van der Waals surface area contributed by atoms with E-state index >= 15 is 0 Å². The lowest BCUT2D eigenvalue weighted by Gasteiger charge is -2.06. The van der Waals surface area contributed by atoms with Crippen LogP contribution in [0.4, 0.5) is 0 Å². The molecule has 1 rings (SSSR count). The summed E-state index contributed by atoms with van der Waals surface area (Å²) < 4.78 is 26.8. The lowest BCUT2D eigenvalue weighted by molar-refractivity contribution is 0.309. The lowest BCUT2D eigenvalue weighted by atomic mass is 10.2. The Labute approximate surface area is 96.5 Å². The molecule has 2 N–H and O–H groups in total. The highest BCUT2D eigenvalue weighted by molar-refractivity contribution is 7.89. The van der Waals surface area contributed by atoms with Crippen molar-refractivity contribution in [3.63, 3.8) is 0 Å². The Morgan fingerprint density at radius 2 is 2.06 bits per heavy atom. The first-order valence-electron chi connectivity index (χ1n) is 5.17. The van der Waals surface area contributed by atoms with Gasteiger partial charge in [0.15, 0.2) is 0 Å². The Hall–Kier alpha value is -1.07. The highest BCUT2D eigenvalue weighted by Gasteiger charge is 2.01. The van der Waals surface area contributed by atoms with E-state index in [9.17, 15) is 8.42 Å². The van der Waals surface area contributed by atoms with Gasteiger partial charge in [0.25, 0.3) is 0 Å². The highest BCUT2D eigenvalue weighted by atomic mass is 32.2. The summed E-state index contributed by atoms with van der Waals surface area (Å²) in [6, 6.07) is 7.75. The molecule has 0 aliphatic carbocycles. The summed E-state index contributed by atoms with van der Waals surface area (Å²) in [5.74, 6) is 0.833. The van der Waals surface area contributed by atoms with Gasteiger partial charge in [-0.1, -0.05) is 12.1 Å². The van der Waals surface area contributed by atoms with Gasteiger partial charge in [0.2, 0.25) is 10.0 Å². The van der Waals surface area contributed by atoms with E-state index in [1.807, 2.05) is 31.2 Å². The van der Waals surface area contributed by atoms with Crippen molar-refractivity contribution in [3.8, 4) is 5.75 Å². The van der Waals surface area contributed by atoms with Gasteiger partial charge in [-0.3, -0.25) is 0 Å². The third kappa shape index (κ3) is 5.72. The molecule has 16 heavy (non-hydrogen) atoms. The fraction of sp³-hybridized carbons (Fsp3) is 0.455. The molecule has 0 saturated carbocycles. The van der Waals surface area contributed by atoms with E-state index in [1.165, 1.54) is 0 Å². The second-order valence-electron chi connectivity index (χ2n) is 3.74. The van der Waals surface area contributed by atoms with Crippen molar-refractivity contribution in [2.24, 2.45) is 5.14 Å². The second-order valence-corrected chi connectivity index (χ2v) is 5.47. The molecule has 0 heterocycles. The molecule has 0 aliphatic rings. The van der Waals surface area contributed by atoms with Crippen LogP contribution in [0.2, 0.25) is 0 Å². The topological polar surface area (TPSA) is 69.4 Å². The number of ether oxygens (including phenoxy) is 1.